The van der Waals surface area contributed by atoms with Crippen LogP contribution >= 0.6 is 31.9 Å². The van der Waals surface area contributed by atoms with Crippen molar-refractivity contribution in [3.63, 3.8) is 0 Å². The highest BCUT2D eigenvalue weighted by atomic mass is 79.9. The number of nitrogens with zero attached hydrogens (tertiary/aromatic N) is 1. The maximum Gasteiger partial charge on any atom is 0.338 e. The molecule has 0 aliphatic heterocycles. The van der Waals surface area contributed by atoms with Crippen molar-refractivity contribution >= 4 is 63.6 Å². The Labute approximate surface area is 158 Å². The van der Waals surface area contributed by atoms with Crippen molar-refractivity contribution in [2.24, 2.45) is 0 Å². The predicted molar refractivity (Wildman–Crippen MR) is 99.4 cm³/mol. The molecule has 1 rings (SSSR count). The fourth-order valence-corrected chi connectivity index (χ4v) is 7.82. The first-order chi connectivity index (χ1) is 11.0. The summed E-state index contributed by atoms with van der Waals surface area (Å²) in [5.74, 6) is -2.07. The van der Waals surface area contributed by atoms with Gasteiger partial charge >= 0.3 is 5.97 Å². The number of hydrogen-bond acceptors (Lipinski definition) is 5. The third-order valence-corrected chi connectivity index (χ3v) is 8.99. The van der Waals surface area contributed by atoms with Gasteiger partial charge in [-0.05, 0) is 56.8 Å². The van der Waals surface area contributed by atoms with Gasteiger partial charge in [0.15, 0.2) is 0 Å². The molecule has 0 aromatic heterocycles. The second-order valence-electron chi connectivity index (χ2n) is 4.89. The average Bonchev–Trinajstić information content (AvgIpc) is 2.40. The summed E-state index contributed by atoms with van der Waals surface area (Å²) in [6.07, 6.45) is 0.445. The number of halogens is 2. The zero-order valence-corrected chi connectivity index (χ0v) is 17.8. The molecule has 7 nitrogen and oxygen atoms in total. The molecule has 24 heavy (non-hydrogen) atoms. The first kappa shape index (κ1) is 21.4. The molecular weight excluding hydrogens is 490 g/mol. The summed E-state index contributed by atoms with van der Waals surface area (Å²) < 4.78 is 50.6. The molecule has 0 spiro atoms. The van der Waals surface area contributed by atoms with E-state index in [-0.39, 0.29) is 44.5 Å². The van der Waals surface area contributed by atoms with Crippen LogP contribution in [-0.2, 0) is 20.0 Å². The molecule has 1 aromatic carbocycles. The summed E-state index contributed by atoms with van der Waals surface area (Å²) >= 11 is 6.10. The van der Waals surface area contributed by atoms with Gasteiger partial charge in [-0.25, -0.2) is 21.6 Å². The number of benzene rings is 1. The Kier molecular flexibility index (Phi) is 7.27. The summed E-state index contributed by atoms with van der Waals surface area (Å²) in [4.78, 5) is 11.4. The SMILES string of the molecule is CCCS(=O)(=O)N(c1ccc(Br)c(C(=O)O)c1Br)S(=O)(=O)CCC. The van der Waals surface area contributed by atoms with E-state index in [1.165, 1.54) is 12.1 Å². The quantitative estimate of drug-likeness (QED) is 0.579. The highest BCUT2D eigenvalue weighted by Crippen LogP contribution is 2.37. The van der Waals surface area contributed by atoms with Crippen molar-refractivity contribution in [3.05, 3.63) is 26.6 Å². The topological polar surface area (TPSA) is 109 Å². The Hall–Kier alpha value is -0.650. The molecule has 0 atom stereocenters. The molecule has 0 saturated carbocycles. The minimum Gasteiger partial charge on any atom is -0.478 e. The van der Waals surface area contributed by atoms with E-state index in [0.29, 0.717) is 3.71 Å². The second-order valence-corrected chi connectivity index (χ2v) is 10.6. The van der Waals surface area contributed by atoms with Crippen LogP contribution in [0.2, 0.25) is 0 Å². The Morgan fingerprint density at radius 3 is 1.88 bits per heavy atom. The molecule has 1 aromatic rings. The number of aromatic carboxylic acids is 1. The number of carbonyl (C=O) groups is 1. The minimum atomic E-state index is -4.18. The van der Waals surface area contributed by atoms with Crippen LogP contribution in [0.3, 0.4) is 0 Å². The smallest absolute Gasteiger partial charge is 0.338 e. The third kappa shape index (κ3) is 4.50. The van der Waals surface area contributed by atoms with Gasteiger partial charge in [0.05, 0.1) is 27.2 Å². The number of hydrogen-bond donors (Lipinski definition) is 1. The summed E-state index contributed by atoms with van der Waals surface area (Å²) in [6.45, 7) is 3.23. The lowest BCUT2D eigenvalue weighted by Gasteiger charge is -2.25. The van der Waals surface area contributed by atoms with E-state index in [0.717, 1.165) is 0 Å². The van der Waals surface area contributed by atoms with Gasteiger partial charge in [-0.2, -0.15) is 3.71 Å². The second kappa shape index (κ2) is 8.15. The summed E-state index contributed by atoms with van der Waals surface area (Å²) in [5, 5.41) is 9.29. The van der Waals surface area contributed by atoms with E-state index in [9.17, 15) is 26.7 Å². The van der Waals surface area contributed by atoms with Crippen LogP contribution in [0, 0.1) is 0 Å². The summed E-state index contributed by atoms with van der Waals surface area (Å²) in [5.41, 5.74) is -0.492. The molecule has 0 radical (unpaired) electrons. The molecule has 0 bridgehead atoms. The normalized spacial score (nSPS) is 12.2. The Bertz CT molecular complexity index is 800. The Morgan fingerprint density at radius 2 is 1.50 bits per heavy atom. The highest BCUT2D eigenvalue weighted by molar-refractivity contribution is 9.11. The van der Waals surface area contributed by atoms with Crippen molar-refractivity contribution in [1.29, 1.82) is 0 Å². The zero-order valence-electron chi connectivity index (χ0n) is 13.0. The number of anilines is 1. The zero-order chi connectivity index (χ0) is 18.7. The number of carboxylic acid groups (broad SMARTS) is 1. The lowest BCUT2D eigenvalue weighted by molar-refractivity contribution is 0.0695. The molecule has 0 saturated heterocycles. The molecule has 0 aliphatic carbocycles. The van der Waals surface area contributed by atoms with Crippen LogP contribution in [0.25, 0.3) is 0 Å². The molecule has 0 fully saturated rings. The third-order valence-electron chi connectivity index (χ3n) is 2.91. The van der Waals surface area contributed by atoms with Gasteiger partial charge in [0, 0.05) is 4.47 Å². The van der Waals surface area contributed by atoms with Crippen molar-refractivity contribution in [3.8, 4) is 0 Å². The molecule has 0 aliphatic rings. The Balaban J connectivity index is 3.76. The molecule has 0 unspecified atom stereocenters. The van der Waals surface area contributed by atoms with Crippen molar-refractivity contribution in [1.82, 2.24) is 0 Å². The monoisotopic (exact) mass is 505 g/mol. The number of rotatable bonds is 8. The standard InChI is InChI=1S/C13H17Br2NO6S2/c1-3-7-23(19,20)16(24(21,22)8-4-2)10-6-5-9(14)11(12(10)15)13(17)18/h5-6H,3-4,7-8H2,1-2H3,(H,17,18). The van der Waals surface area contributed by atoms with E-state index in [4.69, 9.17) is 0 Å². The summed E-state index contributed by atoms with van der Waals surface area (Å²) in [7, 11) is -8.35. The minimum absolute atomic E-state index is 0.122. The molecule has 11 heteroatoms. The number of sulfonamides is 2. The first-order valence-corrected chi connectivity index (χ1v) is 11.8. The average molecular weight is 507 g/mol. The van der Waals surface area contributed by atoms with Crippen LogP contribution in [-0.4, -0.2) is 39.4 Å². The lowest BCUT2D eigenvalue weighted by atomic mass is 10.2. The first-order valence-electron chi connectivity index (χ1n) is 6.96. The van der Waals surface area contributed by atoms with Gasteiger partial charge in [-0.15, -0.1) is 0 Å². The van der Waals surface area contributed by atoms with Crippen LogP contribution in [0.5, 0.6) is 0 Å². The largest absolute Gasteiger partial charge is 0.478 e. The van der Waals surface area contributed by atoms with Crippen LogP contribution < -0.4 is 3.71 Å². The molecule has 136 valence electrons. The van der Waals surface area contributed by atoms with Gasteiger partial charge in [-0.1, -0.05) is 13.8 Å². The molecule has 0 heterocycles. The van der Waals surface area contributed by atoms with E-state index in [1.54, 1.807) is 13.8 Å². The highest BCUT2D eigenvalue weighted by Gasteiger charge is 2.35. The van der Waals surface area contributed by atoms with Crippen molar-refractivity contribution < 1.29 is 26.7 Å². The fraction of sp³-hybridized carbons (Fsp3) is 0.462. The summed E-state index contributed by atoms with van der Waals surface area (Å²) in [6, 6.07) is 2.56. The molecule has 0 amide bonds. The van der Waals surface area contributed by atoms with Gasteiger partial charge in [0.1, 0.15) is 0 Å². The van der Waals surface area contributed by atoms with Gasteiger partial charge in [-0.3, -0.25) is 0 Å². The van der Waals surface area contributed by atoms with Crippen LogP contribution in [0.1, 0.15) is 37.0 Å². The van der Waals surface area contributed by atoms with Gasteiger partial charge in [0.25, 0.3) is 0 Å². The Morgan fingerprint density at radius 1 is 1.04 bits per heavy atom. The molecular formula is C13H17Br2NO6S2. The van der Waals surface area contributed by atoms with Crippen molar-refractivity contribution in [2.45, 2.75) is 26.7 Å². The van der Waals surface area contributed by atoms with Gasteiger partial charge < -0.3 is 5.11 Å². The maximum absolute atomic E-state index is 12.5. The lowest BCUT2D eigenvalue weighted by Crippen LogP contribution is -2.40. The molecule has 1 N–H and O–H groups in total. The van der Waals surface area contributed by atoms with Crippen molar-refractivity contribution in [2.75, 3.05) is 15.2 Å². The van der Waals surface area contributed by atoms with Crippen LogP contribution in [0.15, 0.2) is 21.1 Å². The predicted octanol–water partition coefficient (Wildman–Crippen LogP) is 3.20. The van der Waals surface area contributed by atoms with E-state index < -0.39 is 26.0 Å². The number of carboxylic acids is 1. The van der Waals surface area contributed by atoms with Gasteiger partial charge in [0.2, 0.25) is 20.0 Å². The van der Waals surface area contributed by atoms with E-state index in [1.807, 2.05) is 0 Å². The van der Waals surface area contributed by atoms with E-state index >= 15 is 0 Å². The van der Waals surface area contributed by atoms with Crippen LogP contribution in [0.4, 0.5) is 5.69 Å². The van der Waals surface area contributed by atoms with E-state index in [2.05, 4.69) is 31.9 Å². The maximum atomic E-state index is 12.5. The fourth-order valence-electron chi connectivity index (χ4n) is 2.03.